The fourth-order valence-corrected chi connectivity index (χ4v) is 1.02. The van der Waals surface area contributed by atoms with E-state index in [1.165, 1.54) is 7.11 Å². The van der Waals surface area contributed by atoms with Gasteiger partial charge in [0.25, 0.3) is 0 Å². The van der Waals surface area contributed by atoms with Crippen molar-refractivity contribution in [1.29, 1.82) is 0 Å². The molecule has 1 rings (SSSR count). The van der Waals surface area contributed by atoms with Crippen LogP contribution in [0.25, 0.3) is 0 Å². The largest absolute Gasteiger partial charge is 0.692 e. The Bertz CT molecular complexity index is 360. The first-order chi connectivity index (χ1) is 7.51. The zero-order chi connectivity index (χ0) is 12.6. The van der Waals surface area contributed by atoms with E-state index in [0.717, 1.165) is 12.0 Å². The summed E-state index contributed by atoms with van der Waals surface area (Å²) in [5.41, 5.74) is 1.08. The normalized spacial score (nSPS) is 8.69. The lowest BCUT2D eigenvalue weighted by Gasteiger charge is -2.04. The van der Waals surface area contributed by atoms with Crippen molar-refractivity contribution in [1.82, 2.24) is 0 Å². The minimum absolute atomic E-state index is 0.172. The molecule has 16 heavy (non-hydrogen) atoms. The van der Waals surface area contributed by atoms with E-state index in [4.69, 9.17) is 19.1 Å². The van der Waals surface area contributed by atoms with E-state index >= 15 is 0 Å². The first-order valence-electron chi connectivity index (χ1n) is 4.33. The number of rotatable bonds is 3. The molecule has 3 N–H and O–H groups in total. The van der Waals surface area contributed by atoms with Crippen molar-refractivity contribution >= 4 is 8.25 Å². The van der Waals surface area contributed by atoms with E-state index < -0.39 is 8.25 Å². The quantitative estimate of drug-likeness (QED) is 0.558. The Hall–Kier alpha value is -1.42. The van der Waals surface area contributed by atoms with Gasteiger partial charge in [0.1, 0.15) is 0 Å². The van der Waals surface area contributed by atoms with Gasteiger partial charge in [0.15, 0.2) is 11.5 Å². The van der Waals surface area contributed by atoms with Crippen LogP contribution in [-0.2, 0) is 11.0 Å². The number of phenolic OH excluding ortho intramolecular Hbond substituents is 1. The van der Waals surface area contributed by atoms with Crippen molar-refractivity contribution in [2.45, 2.75) is 6.42 Å². The van der Waals surface area contributed by atoms with Crippen molar-refractivity contribution in [3.63, 3.8) is 0 Å². The maximum Gasteiger partial charge on any atom is 0.692 e. The summed E-state index contributed by atoms with van der Waals surface area (Å²) in [7, 11) is -1.34. The van der Waals surface area contributed by atoms with Gasteiger partial charge in [-0.2, -0.15) is 0 Å². The topological polar surface area (TPSA) is 87.0 Å². The Kier molecular flexibility index (Phi) is 7.12. The molecule has 0 saturated heterocycles. The van der Waals surface area contributed by atoms with Gasteiger partial charge >= 0.3 is 8.25 Å². The van der Waals surface area contributed by atoms with Crippen LogP contribution < -0.4 is 4.74 Å². The minimum Gasteiger partial charge on any atom is -0.504 e. The average molecular weight is 245 g/mol. The molecule has 1 aromatic carbocycles. The Morgan fingerprint density at radius 3 is 2.50 bits per heavy atom. The van der Waals surface area contributed by atoms with Crippen LogP contribution in [0.4, 0.5) is 0 Å². The predicted molar refractivity (Wildman–Crippen MR) is 60.6 cm³/mol. The number of aromatic hydroxyl groups is 1. The van der Waals surface area contributed by atoms with Crippen molar-refractivity contribution in [3.8, 4) is 11.5 Å². The van der Waals surface area contributed by atoms with Crippen LogP contribution in [0.3, 0.4) is 0 Å². The summed E-state index contributed by atoms with van der Waals surface area (Å²) in [5.74, 6) is 0.680. The number of benzene rings is 1. The van der Waals surface area contributed by atoms with Gasteiger partial charge in [-0.25, -0.2) is 0 Å². The molecule has 0 aliphatic heterocycles. The molecule has 0 spiro atoms. The van der Waals surface area contributed by atoms with E-state index in [2.05, 4.69) is 6.58 Å². The molecule has 0 heterocycles. The molecule has 0 aromatic heterocycles. The summed E-state index contributed by atoms with van der Waals surface area (Å²) in [4.78, 5) is 14.2. The molecule has 88 valence electrons. The Morgan fingerprint density at radius 2 is 2.06 bits per heavy atom. The fourth-order valence-electron chi connectivity index (χ4n) is 1.02. The lowest BCUT2D eigenvalue weighted by molar-refractivity contribution is 0.373. The number of allylic oxidation sites excluding steroid dienone is 1. The van der Waals surface area contributed by atoms with Gasteiger partial charge in [0.05, 0.1) is 7.11 Å². The lowest BCUT2D eigenvalue weighted by Crippen LogP contribution is -1.86. The third kappa shape index (κ3) is 6.14. The highest BCUT2D eigenvalue weighted by atomic mass is 31.1. The average Bonchev–Trinajstić information content (AvgIpc) is 2.20. The molecule has 0 aliphatic rings. The van der Waals surface area contributed by atoms with E-state index in [0.29, 0.717) is 5.75 Å². The van der Waals surface area contributed by atoms with Crippen LogP contribution in [-0.4, -0.2) is 22.0 Å². The zero-order valence-electron chi connectivity index (χ0n) is 8.83. The second-order valence-corrected chi connectivity index (χ2v) is 3.26. The van der Waals surface area contributed by atoms with Crippen LogP contribution in [0.2, 0.25) is 0 Å². The van der Waals surface area contributed by atoms with Crippen LogP contribution in [0, 0.1) is 0 Å². The number of hydrogen-bond acceptors (Lipinski definition) is 3. The van der Waals surface area contributed by atoms with Gasteiger partial charge in [-0.15, -0.1) is 16.4 Å². The molecule has 0 radical (unpaired) electrons. The van der Waals surface area contributed by atoms with Crippen molar-refractivity contribution < 1.29 is 24.2 Å². The third-order valence-corrected chi connectivity index (χ3v) is 1.62. The summed E-state index contributed by atoms with van der Waals surface area (Å²) < 4.78 is 13.7. The molecule has 0 amide bonds. The number of ether oxygens (including phenoxy) is 1. The molecule has 0 saturated carbocycles. The molecule has 0 bridgehead atoms. The van der Waals surface area contributed by atoms with Gasteiger partial charge in [-0.1, -0.05) is 12.1 Å². The second kappa shape index (κ2) is 7.82. The second-order valence-electron chi connectivity index (χ2n) is 2.75. The van der Waals surface area contributed by atoms with E-state index in [-0.39, 0.29) is 5.75 Å². The monoisotopic (exact) mass is 245 g/mol. The lowest BCUT2D eigenvalue weighted by atomic mass is 10.1. The van der Waals surface area contributed by atoms with E-state index in [1.54, 1.807) is 12.1 Å². The zero-order valence-corrected chi connectivity index (χ0v) is 9.72. The van der Waals surface area contributed by atoms with Gasteiger partial charge in [-0.3, -0.25) is 0 Å². The summed E-state index contributed by atoms with van der Waals surface area (Å²) in [6, 6.07) is 5.27. The molecule has 6 heteroatoms. The number of methoxy groups -OCH3 is 1. The van der Waals surface area contributed by atoms with Crippen molar-refractivity contribution in [2.24, 2.45) is 0 Å². The first kappa shape index (κ1) is 14.6. The molecule has 0 atom stereocenters. The van der Waals surface area contributed by atoms with E-state index in [9.17, 15) is 5.11 Å². The van der Waals surface area contributed by atoms with Gasteiger partial charge in [0.2, 0.25) is 0 Å². The molecular formula is C10H14O5P+. The van der Waals surface area contributed by atoms with Crippen LogP contribution in [0.1, 0.15) is 5.56 Å². The highest BCUT2D eigenvalue weighted by Crippen LogP contribution is 2.26. The van der Waals surface area contributed by atoms with E-state index in [1.807, 2.05) is 12.1 Å². The molecular weight excluding hydrogens is 231 g/mol. The molecule has 0 fully saturated rings. The molecule has 5 nitrogen and oxygen atoms in total. The Balaban J connectivity index is 0.000000487. The minimum atomic E-state index is -2.87. The molecule has 0 unspecified atom stereocenters. The van der Waals surface area contributed by atoms with Gasteiger partial charge in [0, 0.05) is 4.57 Å². The van der Waals surface area contributed by atoms with Crippen LogP contribution in [0.15, 0.2) is 30.9 Å². The maximum absolute atomic E-state index is 9.25. The molecule has 1 aromatic rings. The highest BCUT2D eigenvalue weighted by Gasteiger charge is 2.00. The summed E-state index contributed by atoms with van der Waals surface area (Å²) in [6.07, 6.45) is 2.60. The maximum atomic E-state index is 9.25. The van der Waals surface area contributed by atoms with Gasteiger partial charge < -0.3 is 9.84 Å². The summed E-state index contributed by atoms with van der Waals surface area (Å²) >= 11 is 0. The first-order valence-corrected chi connectivity index (χ1v) is 5.49. The molecule has 0 aliphatic carbocycles. The van der Waals surface area contributed by atoms with Crippen molar-refractivity contribution in [3.05, 3.63) is 36.4 Å². The Labute approximate surface area is 94.6 Å². The standard InChI is InChI=1S/C10H12O2.HO3P/c1-3-4-8-5-6-9(11)10(7-8)12-2;1-4(2)3/h3,5-7,11H,1,4H2,2H3;(H-,1,2,3)/p+1. The van der Waals surface area contributed by atoms with Crippen LogP contribution >= 0.6 is 8.25 Å². The smallest absolute Gasteiger partial charge is 0.504 e. The van der Waals surface area contributed by atoms with Crippen molar-refractivity contribution in [2.75, 3.05) is 7.11 Å². The number of phenols is 1. The summed E-state index contributed by atoms with van der Waals surface area (Å²) in [5, 5.41) is 9.25. The fraction of sp³-hybridized carbons (Fsp3) is 0.200. The third-order valence-electron chi connectivity index (χ3n) is 1.62. The predicted octanol–water partition coefficient (Wildman–Crippen LogP) is 1.76. The SMILES string of the molecule is C=CCc1ccc(O)c(OC)c1.O=[P+](O)O. The summed E-state index contributed by atoms with van der Waals surface area (Å²) in [6.45, 7) is 3.63. The van der Waals surface area contributed by atoms with Crippen LogP contribution in [0.5, 0.6) is 11.5 Å². The van der Waals surface area contributed by atoms with Gasteiger partial charge in [-0.05, 0) is 24.1 Å². The highest BCUT2D eigenvalue weighted by molar-refractivity contribution is 7.30. The number of hydrogen-bond donors (Lipinski definition) is 3. The Morgan fingerprint density at radius 1 is 1.50 bits per heavy atom.